The summed E-state index contributed by atoms with van der Waals surface area (Å²) in [4.78, 5) is 4.02. The molecule has 1 rings (SSSR count). The molecule has 1 atom stereocenters. The predicted molar refractivity (Wildman–Crippen MR) is 67.2 cm³/mol. The topological polar surface area (TPSA) is 77.0 Å². The Morgan fingerprint density at radius 2 is 2.00 bits per heavy atom. The Kier molecular flexibility index (Phi) is 4.86. The van der Waals surface area contributed by atoms with Gasteiger partial charge in [-0.3, -0.25) is 4.98 Å². The molecule has 1 unspecified atom stereocenters. The Labute approximate surface area is 97.4 Å². The normalized spacial score (nSPS) is 13.8. The van der Waals surface area contributed by atoms with E-state index in [0.29, 0.717) is 6.54 Å². The molecule has 0 radical (unpaired) electrons. The second kappa shape index (κ2) is 5.94. The summed E-state index contributed by atoms with van der Waals surface area (Å²) in [5.41, 5.74) is 12.6. The van der Waals surface area contributed by atoms with Crippen molar-refractivity contribution in [1.82, 2.24) is 10.3 Å². The number of pyridine rings is 1. The van der Waals surface area contributed by atoms with Gasteiger partial charge in [-0.05, 0) is 17.7 Å². The zero-order valence-corrected chi connectivity index (χ0v) is 10.1. The van der Waals surface area contributed by atoms with Crippen LogP contribution in [0.4, 0.5) is 0 Å². The van der Waals surface area contributed by atoms with Gasteiger partial charge >= 0.3 is 0 Å². The highest BCUT2D eigenvalue weighted by molar-refractivity contribution is 5.20. The second-order valence-corrected chi connectivity index (χ2v) is 4.75. The first-order valence-electron chi connectivity index (χ1n) is 5.63. The number of rotatable bonds is 6. The summed E-state index contributed by atoms with van der Waals surface area (Å²) in [6.45, 7) is 6.55. The van der Waals surface area contributed by atoms with Gasteiger partial charge in [-0.15, -0.1) is 0 Å². The summed E-state index contributed by atoms with van der Waals surface area (Å²) in [5.74, 6) is 0. The molecule has 0 amide bonds. The molecule has 90 valence electrons. The third-order valence-corrected chi connectivity index (χ3v) is 2.74. The van der Waals surface area contributed by atoms with Crippen molar-refractivity contribution >= 4 is 0 Å². The number of nitrogens with two attached hydrogens (primary N) is 2. The lowest BCUT2D eigenvalue weighted by atomic mass is 9.85. The van der Waals surface area contributed by atoms with E-state index in [0.717, 1.165) is 13.1 Å². The SMILES string of the molecule is CC(C)(CNCC(N)CN)c1ccncc1. The van der Waals surface area contributed by atoms with Crippen LogP contribution in [0.1, 0.15) is 19.4 Å². The molecule has 5 N–H and O–H groups in total. The molecule has 0 aromatic carbocycles. The highest BCUT2D eigenvalue weighted by Crippen LogP contribution is 2.20. The molecule has 0 spiro atoms. The highest BCUT2D eigenvalue weighted by atomic mass is 14.9. The van der Waals surface area contributed by atoms with Crippen LogP contribution in [0.2, 0.25) is 0 Å². The van der Waals surface area contributed by atoms with Gasteiger partial charge in [-0.1, -0.05) is 13.8 Å². The number of aromatic nitrogens is 1. The van der Waals surface area contributed by atoms with E-state index in [1.54, 1.807) is 0 Å². The van der Waals surface area contributed by atoms with E-state index >= 15 is 0 Å². The minimum atomic E-state index is 0.0354. The van der Waals surface area contributed by atoms with Crippen molar-refractivity contribution in [3.8, 4) is 0 Å². The van der Waals surface area contributed by atoms with Gasteiger partial charge in [-0.2, -0.15) is 0 Å². The second-order valence-electron chi connectivity index (χ2n) is 4.75. The van der Waals surface area contributed by atoms with Gasteiger partial charge in [0.1, 0.15) is 0 Å². The first-order valence-corrected chi connectivity index (χ1v) is 5.63. The maximum Gasteiger partial charge on any atom is 0.0290 e. The van der Waals surface area contributed by atoms with Crippen molar-refractivity contribution in [2.24, 2.45) is 11.5 Å². The lowest BCUT2D eigenvalue weighted by Crippen LogP contribution is -2.43. The van der Waals surface area contributed by atoms with E-state index in [2.05, 4.69) is 24.1 Å². The molecule has 1 heterocycles. The largest absolute Gasteiger partial charge is 0.329 e. The minimum Gasteiger partial charge on any atom is -0.329 e. The lowest BCUT2D eigenvalue weighted by Gasteiger charge is -2.26. The fourth-order valence-electron chi connectivity index (χ4n) is 1.56. The van der Waals surface area contributed by atoms with E-state index in [1.807, 2.05) is 24.5 Å². The summed E-state index contributed by atoms with van der Waals surface area (Å²) in [5, 5.41) is 3.35. The van der Waals surface area contributed by atoms with Gasteiger partial charge in [0, 0.05) is 43.5 Å². The molecule has 1 aromatic heterocycles. The summed E-state index contributed by atoms with van der Waals surface area (Å²) >= 11 is 0. The Bertz CT molecular complexity index is 297. The monoisotopic (exact) mass is 222 g/mol. The van der Waals surface area contributed by atoms with Gasteiger partial charge in [0.2, 0.25) is 0 Å². The average Bonchev–Trinajstić information content (AvgIpc) is 2.30. The Morgan fingerprint density at radius 3 is 2.56 bits per heavy atom. The molecule has 0 saturated carbocycles. The third-order valence-electron chi connectivity index (χ3n) is 2.74. The molecule has 0 aliphatic rings. The summed E-state index contributed by atoms with van der Waals surface area (Å²) in [7, 11) is 0. The Hall–Kier alpha value is -0.970. The van der Waals surface area contributed by atoms with Crippen LogP contribution >= 0.6 is 0 Å². The van der Waals surface area contributed by atoms with E-state index in [-0.39, 0.29) is 11.5 Å². The molecule has 0 saturated heterocycles. The fraction of sp³-hybridized carbons (Fsp3) is 0.583. The van der Waals surface area contributed by atoms with Crippen molar-refractivity contribution in [2.75, 3.05) is 19.6 Å². The van der Waals surface area contributed by atoms with E-state index in [1.165, 1.54) is 5.56 Å². The fourth-order valence-corrected chi connectivity index (χ4v) is 1.56. The maximum absolute atomic E-state index is 5.74. The molecule has 0 fully saturated rings. The zero-order chi connectivity index (χ0) is 12.0. The smallest absolute Gasteiger partial charge is 0.0290 e. The van der Waals surface area contributed by atoms with Gasteiger partial charge < -0.3 is 16.8 Å². The standard InChI is InChI=1S/C12H22N4/c1-12(2,9-16-8-11(14)7-13)10-3-5-15-6-4-10/h3-6,11,16H,7-9,13-14H2,1-2H3. The number of nitrogens with one attached hydrogen (secondary N) is 1. The molecular weight excluding hydrogens is 200 g/mol. The maximum atomic E-state index is 5.74. The van der Waals surface area contributed by atoms with E-state index in [4.69, 9.17) is 11.5 Å². The molecule has 0 aliphatic carbocycles. The summed E-state index contributed by atoms with van der Waals surface area (Å²) < 4.78 is 0. The van der Waals surface area contributed by atoms with Crippen LogP contribution in [0.25, 0.3) is 0 Å². The molecule has 1 aromatic rings. The van der Waals surface area contributed by atoms with Crippen LogP contribution in [-0.4, -0.2) is 30.7 Å². The zero-order valence-electron chi connectivity index (χ0n) is 10.1. The van der Waals surface area contributed by atoms with Crippen LogP contribution in [0.3, 0.4) is 0 Å². The molecule has 4 heteroatoms. The Balaban J connectivity index is 2.46. The molecule has 4 nitrogen and oxygen atoms in total. The molecular formula is C12H22N4. The van der Waals surface area contributed by atoms with Crippen molar-refractivity contribution in [1.29, 1.82) is 0 Å². The molecule has 0 bridgehead atoms. The lowest BCUT2D eigenvalue weighted by molar-refractivity contribution is 0.453. The summed E-state index contributed by atoms with van der Waals surface area (Å²) in [6, 6.07) is 4.13. The minimum absolute atomic E-state index is 0.0354. The van der Waals surface area contributed by atoms with Crippen molar-refractivity contribution < 1.29 is 0 Å². The van der Waals surface area contributed by atoms with Crippen molar-refractivity contribution in [3.63, 3.8) is 0 Å². The van der Waals surface area contributed by atoms with Gasteiger partial charge in [0.15, 0.2) is 0 Å². The predicted octanol–water partition coefficient (Wildman–Crippen LogP) is 0.235. The number of nitrogens with zero attached hydrogens (tertiary/aromatic N) is 1. The van der Waals surface area contributed by atoms with Gasteiger partial charge in [0.05, 0.1) is 0 Å². The van der Waals surface area contributed by atoms with Crippen molar-refractivity contribution in [2.45, 2.75) is 25.3 Å². The Morgan fingerprint density at radius 1 is 1.38 bits per heavy atom. The van der Waals surface area contributed by atoms with Crippen LogP contribution in [0.15, 0.2) is 24.5 Å². The first kappa shape index (κ1) is 13.1. The highest BCUT2D eigenvalue weighted by Gasteiger charge is 2.19. The average molecular weight is 222 g/mol. The number of hydrogen-bond acceptors (Lipinski definition) is 4. The van der Waals surface area contributed by atoms with Gasteiger partial charge in [-0.25, -0.2) is 0 Å². The van der Waals surface area contributed by atoms with Crippen LogP contribution in [0, 0.1) is 0 Å². The third kappa shape index (κ3) is 3.89. The first-order chi connectivity index (χ1) is 7.56. The van der Waals surface area contributed by atoms with Crippen molar-refractivity contribution in [3.05, 3.63) is 30.1 Å². The molecule has 0 aliphatic heterocycles. The van der Waals surface area contributed by atoms with Crippen LogP contribution < -0.4 is 16.8 Å². The van der Waals surface area contributed by atoms with E-state index < -0.39 is 0 Å². The van der Waals surface area contributed by atoms with Crippen LogP contribution in [0.5, 0.6) is 0 Å². The summed E-state index contributed by atoms with van der Waals surface area (Å²) in [6.07, 6.45) is 3.64. The quantitative estimate of drug-likeness (QED) is 0.644. The number of hydrogen-bond donors (Lipinski definition) is 3. The molecule has 16 heavy (non-hydrogen) atoms. The van der Waals surface area contributed by atoms with Crippen LogP contribution in [-0.2, 0) is 5.41 Å². The van der Waals surface area contributed by atoms with E-state index in [9.17, 15) is 0 Å². The van der Waals surface area contributed by atoms with Gasteiger partial charge in [0.25, 0.3) is 0 Å².